The fraction of sp³-hybridized carbons (Fsp3) is 0.700. The lowest BCUT2D eigenvalue weighted by Gasteiger charge is -2.24. The first-order chi connectivity index (χ1) is 6.81. The van der Waals surface area contributed by atoms with E-state index in [4.69, 9.17) is 5.73 Å². The Balaban J connectivity index is 2.12. The Kier molecular flexibility index (Phi) is 2.84. The summed E-state index contributed by atoms with van der Waals surface area (Å²) in [7, 11) is 0. The molecule has 3 N–H and O–H groups in total. The molecule has 0 spiro atoms. The highest BCUT2D eigenvalue weighted by Crippen LogP contribution is 2.21. The van der Waals surface area contributed by atoms with Gasteiger partial charge in [-0.2, -0.15) is 0 Å². The Morgan fingerprint density at radius 2 is 2.29 bits per heavy atom. The summed E-state index contributed by atoms with van der Waals surface area (Å²) in [6.07, 6.45) is 4.44. The average molecular weight is 194 g/mol. The highest BCUT2D eigenvalue weighted by molar-refractivity contribution is 5.04. The van der Waals surface area contributed by atoms with Crippen molar-refractivity contribution in [2.24, 2.45) is 5.73 Å². The molecule has 4 nitrogen and oxygen atoms in total. The molecule has 1 aromatic rings. The second kappa shape index (κ2) is 4.11. The number of nitrogens with one attached hydrogen (secondary N) is 1. The maximum Gasteiger partial charge on any atom is 0.124 e. The van der Waals surface area contributed by atoms with Gasteiger partial charge in [0.25, 0.3) is 0 Å². The zero-order valence-electron chi connectivity index (χ0n) is 8.66. The van der Waals surface area contributed by atoms with Crippen LogP contribution in [0, 0.1) is 6.92 Å². The van der Waals surface area contributed by atoms with Crippen LogP contribution in [0.1, 0.15) is 30.4 Å². The minimum absolute atomic E-state index is 0.284. The number of aromatic amines is 1. The van der Waals surface area contributed by atoms with E-state index in [0.29, 0.717) is 6.54 Å². The molecule has 0 amide bonds. The Morgan fingerprint density at radius 1 is 1.57 bits per heavy atom. The topological polar surface area (TPSA) is 57.9 Å². The SMILES string of the molecule is Cc1cnc(C(CN)N2CCCC2)[nH]1. The van der Waals surface area contributed by atoms with Gasteiger partial charge in [-0.15, -0.1) is 0 Å². The van der Waals surface area contributed by atoms with Gasteiger partial charge in [0.1, 0.15) is 5.82 Å². The van der Waals surface area contributed by atoms with Gasteiger partial charge in [-0.25, -0.2) is 4.98 Å². The standard InChI is InChI=1S/C10H18N4/c1-8-7-12-10(13-8)9(6-11)14-4-2-3-5-14/h7,9H,2-6,11H2,1H3,(H,12,13). The molecule has 1 atom stereocenters. The lowest BCUT2D eigenvalue weighted by atomic mass is 10.2. The number of aromatic nitrogens is 2. The third-order valence-electron chi connectivity index (χ3n) is 2.84. The molecule has 0 radical (unpaired) electrons. The van der Waals surface area contributed by atoms with Crippen LogP contribution < -0.4 is 5.73 Å². The van der Waals surface area contributed by atoms with E-state index in [0.717, 1.165) is 24.6 Å². The summed E-state index contributed by atoms with van der Waals surface area (Å²) in [5.41, 5.74) is 6.90. The van der Waals surface area contributed by atoms with E-state index in [1.165, 1.54) is 12.8 Å². The summed E-state index contributed by atoms with van der Waals surface area (Å²) in [4.78, 5) is 10.0. The minimum Gasteiger partial charge on any atom is -0.345 e. The number of H-pyrrole nitrogens is 1. The second-order valence-corrected chi connectivity index (χ2v) is 3.95. The van der Waals surface area contributed by atoms with E-state index >= 15 is 0 Å². The number of hydrogen-bond acceptors (Lipinski definition) is 3. The number of hydrogen-bond donors (Lipinski definition) is 2. The molecule has 0 saturated carbocycles. The molecular weight excluding hydrogens is 176 g/mol. The number of rotatable bonds is 3. The molecule has 2 heterocycles. The van der Waals surface area contributed by atoms with Crippen molar-refractivity contribution >= 4 is 0 Å². The molecule has 1 fully saturated rings. The van der Waals surface area contributed by atoms with E-state index in [-0.39, 0.29) is 6.04 Å². The Morgan fingerprint density at radius 3 is 2.79 bits per heavy atom. The average Bonchev–Trinajstić information content (AvgIpc) is 2.79. The Hall–Kier alpha value is -0.870. The van der Waals surface area contributed by atoms with Gasteiger partial charge in [-0.05, 0) is 32.9 Å². The normalized spacial score (nSPS) is 20.1. The molecule has 0 aromatic carbocycles. The predicted octanol–water partition coefficient (Wildman–Crippen LogP) is 0.814. The molecule has 14 heavy (non-hydrogen) atoms. The summed E-state index contributed by atoms with van der Waals surface area (Å²) in [6.45, 7) is 4.98. The van der Waals surface area contributed by atoms with Gasteiger partial charge in [-0.3, -0.25) is 4.90 Å². The Bertz CT molecular complexity index is 288. The second-order valence-electron chi connectivity index (χ2n) is 3.95. The highest BCUT2D eigenvalue weighted by Gasteiger charge is 2.23. The van der Waals surface area contributed by atoms with Crippen LogP contribution in [-0.4, -0.2) is 34.5 Å². The first kappa shape index (κ1) is 9.68. The fourth-order valence-electron chi connectivity index (χ4n) is 2.09. The highest BCUT2D eigenvalue weighted by atomic mass is 15.2. The van der Waals surface area contributed by atoms with Crippen LogP contribution in [0.3, 0.4) is 0 Å². The van der Waals surface area contributed by atoms with Gasteiger partial charge in [0, 0.05) is 18.4 Å². The third-order valence-corrected chi connectivity index (χ3v) is 2.84. The monoisotopic (exact) mass is 194 g/mol. The minimum atomic E-state index is 0.284. The molecule has 1 aliphatic heterocycles. The maximum absolute atomic E-state index is 5.79. The lowest BCUT2D eigenvalue weighted by molar-refractivity contribution is 0.242. The van der Waals surface area contributed by atoms with Gasteiger partial charge in [-0.1, -0.05) is 0 Å². The van der Waals surface area contributed by atoms with Gasteiger partial charge >= 0.3 is 0 Å². The number of nitrogens with zero attached hydrogens (tertiary/aromatic N) is 2. The number of aryl methyl sites for hydroxylation is 1. The molecule has 4 heteroatoms. The van der Waals surface area contributed by atoms with Crippen LogP contribution in [0.15, 0.2) is 6.20 Å². The van der Waals surface area contributed by atoms with Crippen molar-refractivity contribution in [3.05, 3.63) is 17.7 Å². The van der Waals surface area contributed by atoms with Crippen LogP contribution in [0.25, 0.3) is 0 Å². The molecule has 1 unspecified atom stereocenters. The zero-order chi connectivity index (χ0) is 9.97. The van der Waals surface area contributed by atoms with Crippen molar-refractivity contribution in [3.63, 3.8) is 0 Å². The summed E-state index contributed by atoms with van der Waals surface area (Å²) in [5, 5.41) is 0. The van der Waals surface area contributed by atoms with E-state index in [1.807, 2.05) is 13.1 Å². The molecule has 1 aliphatic rings. The molecular formula is C10H18N4. The Labute approximate surface area is 84.5 Å². The van der Waals surface area contributed by atoms with Crippen LogP contribution in [0.2, 0.25) is 0 Å². The quantitative estimate of drug-likeness (QED) is 0.748. The lowest BCUT2D eigenvalue weighted by Crippen LogP contribution is -2.32. The van der Waals surface area contributed by atoms with Crippen molar-refractivity contribution in [2.75, 3.05) is 19.6 Å². The number of nitrogens with two attached hydrogens (primary N) is 1. The van der Waals surface area contributed by atoms with E-state index in [9.17, 15) is 0 Å². The van der Waals surface area contributed by atoms with Gasteiger partial charge in [0.15, 0.2) is 0 Å². The van der Waals surface area contributed by atoms with Crippen molar-refractivity contribution < 1.29 is 0 Å². The van der Waals surface area contributed by atoms with Crippen LogP contribution in [0.4, 0.5) is 0 Å². The first-order valence-corrected chi connectivity index (χ1v) is 5.27. The van der Waals surface area contributed by atoms with Crippen LogP contribution in [0.5, 0.6) is 0 Å². The number of likely N-dealkylation sites (tertiary alicyclic amines) is 1. The fourth-order valence-corrected chi connectivity index (χ4v) is 2.09. The van der Waals surface area contributed by atoms with E-state index in [1.54, 1.807) is 0 Å². The first-order valence-electron chi connectivity index (χ1n) is 5.27. The molecule has 0 aliphatic carbocycles. The summed E-state index contributed by atoms with van der Waals surface area (Å²) in [6, 6.07) is 0.284. The molecule has 1 aromatic heterocycles. The summed E-state index contributed by atoms with van der Waals surface area (Å²) < 4.78 is 0. The largest absolute Gasteiger partial charge is 0.345 e. The van der Waals surface area contributed by atoms with E-state index in [2.05, 4.69) is 14.9 Å². The van der Waals surface area contributed by atoms with Crippen molar-refractivity contribution in [1.82, 2.24) is 14.9 Å². The summed E-state index contributed by atoms with van der Waals surface area (Å²) in [5.74, 6) is 1.02. The molecule has 78 valence electrons. The van der Waals surface area contributed by atoms with Crippen LogP contribution in [-0.2, 0) is 0 Å². The number of imidazole rings is 1. The van der Waals surface area contributed by atoms with Gasteiger partial charge in [0.2, 0.25) is 0 Å². The summed E-state index contributed by atoms with van der Waals surface area (Å²) >= 11 is 0. The smallest absolute Gasteiger partial charge is 0.124 e. The zero-order valence-corrected chi connectivity index (χ0v) is 8.66. The maximum atomic E-state index is 5.79. The van der Waals surface area contributed by atoms with Crippen molar-refractivity contribution in [3.8, 4) is 0 Å². The molecule has 2 rings (SSSR count). The third kappa shape index (κ3) is 1.81. The molecule has 1 saturated heterocycles. The van der Waals surface area contributed by atoms with Crippen molar-refractivity contribution in [2.45, 2.75) is 25.8 Å². The van der Waals surface area contributed by atoms with Gasteiger partial charge < -0.3 is 10.7 Å². The predicted molar refractivity (Wildman–Crippen MR) is 55.9 cm³/mol. The molecule has 0 bridgehead atoms. The van der Waals surface area contributed by atoms with Crippen LogP contribution >= 0.6 is 0 Å². The van der Waals surface area contributed by atoms with E-state index < -0.39 is 0 Å². The van der Waals surface area contributed by atoms with Gasteiger partial charge in [0.05, 0.1) is 6.04 Å². The van der Waals surface area contributed by atoms with Crippen molar-refractivity contribution in [1.29, 1.82) is 0 Å².